The Kier molecular flexibility index (Phi) is 4.12. The van der Waals surface area contributed by atoms with Crippen LogP contribution in [0, 0.1) is 6.92 Å². The first-order valence-corrected chi connectivity index (χ1v) is 7.91. The van der Waals surface area contributed by atoms with E-state index in [1.165, 1.54) is 16.4 Å². The Bertz CT molecular complexity index is 628. The van der Waals surface area contributed by atoms with Gasteiger partial charge in [-0.15, -0.1) is 0 Å². The minimum Gasteiger partial charge on any atom is -0.366 e. The average Bonchev–Trinajstić information content (AvgIpc) is 2.38. The van der Waals surface area contributed by atoms with Crippen molar-refractivity contribution in [3.8, 4) is 0 Å². The Hall–Kier alpha value is -1.44. The molecule has 0 aromatic heterocycles. The first kappa shape index (κ1) is 15.0. The van der Waals surface area contributed by atoms with E-state index in [9.17, 15) is 13.2 Å². The van der Waals surface area contributed by atoms with Crippen LogP contribution in [0.15, 0.2) is 23.1 Å². The maximum atomic E-state index is 12.6. The minimum atomic E-state index is -3.60. The Morgan fingerprint density at radius 1 is 1.45 bits per heavy atom. The molecule has 1 unspecified atom stereocenters. The fourth-order valence-electron chi connectivity index (χ4n) is 2.34. The van der Waals surface area contributed by atoms with Gasteiger partial charge in [0.05, 0.1) is 4.90 Å². The summed E-state index contributed by atoms with van der Waals surface area (Å²) in [5, 5.41) is 3.15. The molecular formula is C13H19N3O3S. The van der Waals surface area contributed by atoms with E-state index < -0.39 is 15.9 Å². The van der Waals surface area contributed by atoms with Gasteiger partial charge in [0.15, 0.2) is 0 Å². The maximum Gasteiger partial charge on any atom is 0.249 e. The highest BCUT2D eigenvalue weighted by atomic mass is 32.2. The zero-order valence-corrected chi connectivity index (χ0v) is 12.4. The van der Waals surface area contributed by atoms with E-state index in [4.69, 9.17) is 5.73 Å². The second kappa shape index (κ2) is 5.51. The van der Waals surface area contributed by atoms with Crippen molar-refractivity contribution in [2.75, 3.05) is 19.6 Å². The number of hydrogen-bond acceptors (Lipinski definition) is 4. The molecule has 1 aliphatic rings. The Morgan fingerprint density at radius 3 is 2.75 bits per heavy atom. The number of benzene rings is 1. The summed E-state index contributed by atoms with van der Waals surface area (Å²) in [4.78, 5) is 11.5. The van der Waals surface area contributed by atoms with E-state index >= 15 is 0 Å². The molecule has 1 fully saturated rings. The van der Waals surface area contributed by atoms with E-state index in [2.05, 4.69) is 5.32 Å². The lowest BCUT2D eigenvalue weighted by Gasteiger charge is -2.32. The van der Waals surface area contributed by atoms with Gasteiger partial charge in [-0.1, -0.05) is 6.07 Å². The van der Waals surface area contributed by atoms with Crippen LogP contribution in [0.25, 0.3) is 0 Å². The van der Waals surface area contributed by atoms with Crippen molar-refractivity contribution in [2.24, 2.45) is 5.73 Å². The predicted octanol–water partition coefficient (Wildman–Crippen LogP) is 0.0763. The number of amides is 1. The molecule has 0 bridgehead atoms. The number of primary amides is 1. The largest absolute Gasteiger partial charge is 0.366 e. The topological polar surface area (TPSA) is 92.5 Å². The van der Waals surface area contributed by atoms with Gasteiger partial charge >= 0.3 is 0 Å². The molecular weight excluding hydrogens is 278 g/mol. The van der Waals surface area contributed by atoms with E-state index in [0.717, 1.165) is 0 Å². The van der Waals surface area contributed by atoms with Crippen LogP contribution < -0.4 is 11.1 Å². The number of aryl methyl sites for hydroxylation is 1. The van der Waals surface area contributed by atoms with E-state index in [-0.39, 0.29) is 16.5 Å². The molecule has 1 heterocycles. The molecule has 0 radical (unpaired) electrons. The van der Waals surface area contributed by atoms with Crippen LogP contribution >= 0.6 is 0 Å². The number of sulfonamides is 1. The van der Waals surface area contributed by atoms with Gasteiger partial charge in [-0.25, -0.2) is 8.42 Å². The maximum absolute atomic E-state index is 12.6. The van der Waals surface area contributed by atoms with E-state index in [0.29, 0.717) is 25.2 Å². The molecule has 0 aliphatic carbocycles. The molecule has 1 amide bonds. The Morgan fingerprint density at radius 2 is 2.15 bits per heavy atom. The molecule has 0 spiro atoms. The number of carbonyl (C=O) groups is 1. The normalized spacial score (nSPS) is 20.8. The summed E-state index contributed by atoms with van der Waals surface area (Å²) in [6.07, 6.45) is 0. The molecule has 1 aromatic carbocycles. The number of nitrogens with two attached hydrogens (primary N) is 1. The lowest BCUT2D eigenvalue weighted by atomic mass is 10.1. The molecule has 0 saturated carbocycles. The van der Waals surface area contributed by atoms with Crippen molar-refractivity contribution in [1.29, 1.82) is 0 Å². The highest BCUT2D eigenvalue weighted by Gasteiger charge is 2.31. The number of piperazine rings is 1. The quantitative estimate of drug-likeness (QED) is 0.826. The van der Waals surface area contributed by atoms with Crippen molar-refractivity contribution in [2.45, 2.75) is 24.8 Å². The zero-order valence-electron chi connectivity index (χ0n) is 11.6. The highest BCUT2D eigenvalue weighted by molar-refractivity contribution is 7.89. The van der Waals surface area contributed by atoms with Gasteiger partial charge in [0, 0.05) is 31.2 Å². The number of hydrogen-bond donors (Lipinski definition) is 2. The SMILES string of the molecule is Cc1ccc(S(=O)(=O)N2CCNCC2C)cc1C(N)=O. The summed E-state index contributed by atoms with van der Waals surface area (Å²) >= 11 is 0. The molecule has 2 rings (SSSR count). The molecule has 7 heteroatoms. The molecule has 110 valence electrons. The van der Waals surface area contributed by atoms with Gasteiger partial charge in [-0.05, 0) is 31.5 Å². The van der Waals surface area contributed by atoms with Crippen LogP contribution in [0.3, 0.4) is 0 Å². The summed E-state index contributed by atoms with van der Waals surface area (Å²) in [5.41, 5.74) is 6.19. The summed E-state index contributed by atoms with van der Waals surface area (Å²) in [6, 6.07) is 4.38. The molecule has 3 N–H and O–H groups in total. The summed E-state index contributed by atoms with van der Waals surface area (Å²) in [5.74, 6) is -0.618. The highest BCUT2D eigenvalue weighted by Crippen LogP contribution is 2.21. The van der Waals surface area contributed by atoms with Crippen LogP contribution in [-0.4, -0.2) is 44.3 Å². The predicted molar refractivity (Wildman–Crippen MR) is 75.9 cm³/mol. The van der Waals surface area contributed by atoms with Gasteiger partial charge in [-0.2, -0.15) is 4.31 Å². The molecule has 1 aliphatic heterocycles. The lowest BCUT2D eigenvalue weighted by molar-refractivity contribution is 0.0999. The van der Waals surface area contributed by atoms with Crippen LogP contribution in [0.5, 0.6) is 0 Å². The Balaban J connectivity index is 2.44. The Labute approximate surface area is 119 Å². The summed E-state index contributed by atoms with van der Waals surface area (Å²) in [6.45, 7) is 5.24. The van der Waals surface area contributed by atoms with Gasteiger partial charge < -0.3 is 11.1 Å². The molecule has 1 aromatic rings. The van der Waals surface area contributed by atoms with Crippen LogP contribution in [0.4, 0.5) is 0 Å². The number of nitrogens with one attached hydrogen (secondary N) is 1. The molecule has 1 atom stereocenters. The smallest absolute Gasteiger partial charge is 0.249 e. The lowest BCUT2D eigenvalue weighted by Crippen LogP contribution is -2.52. The zero-order chi connectivity index (χ0) is 14.9. The molecule has 1 saturated heterocycles. The molecule has 6 nitrogen and oxygen atoms in total. The third-order valence-electron chi connectivity index (χ3n) is 3.52. The minimum absolute atomic E-state index is 0.116. The monoisotopic (exact) mass is 297 g/mol. The second-order valence-corrected chi connectivity index (χ2v) is 6.90. The van der Waals surface area contributed by atoms with Crippen LogP contribution in [-0.2, 0) is 10.0 Å². The van der Waals surface area contributed by atoms with Gasteiger partial charge in [0.1, 0.15) is 0 Å². The van der Waals surface area contributed by atoms with Crippen molar-refractivity contribution >= 4 is 15.9 Å². The number of nitrogens with zero attached hydrogens (tertiary/aromatic N) is 1. The summed E-state index contributed by atoms with van der Waals surface area (Å²) in [7, 11) is -3.60. The molecule has 20 heavy (non-hydrogen) atoms. The van der Waals surface area contributed by atoms with Crippen molar-refractivity contribution < 1.29 is 13.2 Å². The third kappa shape index (κ3) is 2.70. The number of rotatable bonds is 3. The van der Waals surface area contributed by atoms with Gasteiger partial charge in [-0.3, -0.25) is 4.79 Å². The van der Waals surface area contributed by atoms with Crippen molar-refractivity contribution in [3.63, 3.8) is 0 Å². The first-order chi connectivity index (χ1) is 9.34. The fourth-order valence-corrected chi connectivity index (χ4v) is 4.00. The first-order valence-electron chi connectivity index (χ1n) is 6.47. The second-order valence-electron chi connectivity index (χ2n) is 5.01. The fraction of sp³-hybridized carbons (Fsp3) is 0.462. The third-order valence-corrected chi connectivity index (χ3v) is 5.53. The van der Waals surface area contributed by atoms with Crippen LogP contribution in [0.1, 0.15) is 22.8 Å². The standard InChI is InChI=1S/C13H19N3O3S/c1-9-3-4-11(7-12(9)13(14)17)20(18,19)16-6-5-15-8-10(16)2/h3-4,7,10,15H,5-6,8H2,1-2H3,(H2,14,17). The number of carbonyl (C=O) groups excluding carboxylic acids is 1. The average molecular weight is 297 g/mol. The van der Waals surface area contributed by atoms with E-state index in [1.54, 1.807) is 13.0 Å². The van der Waals surface area contributed by atoms with E-state index in [1.807, 2.05) is 6.92 Å². The van der Waals surface area contributed by atoms with Gasteiger partial charge in [0.2, 0.25) is 15.9 Å². The van der Waals surface area contributed by atoms with Gasteiger partial charge in [0.25, 0.3) is 0 Å². The van der Waals surface area contributed by atoms with Crippen molar-refractivity contribution in [3.05, 3.63) is 29.3 Å². The van der Waals surface area contributed by atoms with Crippen molar-refractivity contribution in [1.82, 2.24) is 9.62 Å². The van der Waals surface area contributed by atoms with Crippen LogP contribution in [0.2, 0.25) is 0 Å². The summed E-state index contributed by atoms with van der Waals surface area (Å²) < 4.78 is 26.7.